The molecule has 0 aliphatic carbocycles. The van der Waals surface area contributed by atoms with E-state index in [2.05, 4.69) is 27.9 Å². The van der Waals surface area contributed by atoms with Crippen molar-refractivity contribution in [1.29, 1.82) is 0 Å². The van der Waals surface area contributed by atoms with E-state index < -0.39 is 6.04 Å². The molecule has 0 heterocycles. The summed E-state index contributed by atoms with van der Waals surface area (Å²) in [5.41, 5.74) is 0.583. The summed E-state index contributed by atoms with van der Waals surface area (Å²) >= 11 is 14.6. The Balaban J connectivity index is 2.19. The van der Waals surface area contributed by atoms with E-state index >= 15 is 0 Å². The van der Waals surface area contributed by atoms with Gasteiger partial charge >= 0.3 is 0 Å². The Labute approximate surface area is 182 Å². The van der Waals surface area contributed by atoms with Gasteiger partial charge in [-0.2, -0.15) is 0 Å². The van der Waals surface area contributed by atoms with E-state index in [1.54, 1.807) is 37.3 Å². The topological polar surface area (TPSA) is 58.6 Å². The Morgan fingerprint density at radius 1 is 1.15 bits per heavy atom. The van der Waals surface area contributed by atoms with Gasteiger partial charge in [0.2, 0.25) is 5.91 Å². The van der Waals surface area contributed by atoms with Crippen LogP contribution in [0.2, 0.25) is 10.0 Å². The van der Waals surface area contributed by atoms with Crippen molar-refractivity contribution < 1.29 is 14.3 Å². The average molecular weight is 521 g/mol. The minimum Gasteiger partial charge on any atom is -0.484 e. The zero-order chi connectivity index (χ0) is 20.0. The molecule has 0 fully saturated rings. The van der Waals surface area contributed by atoms with Crippen LogP contribution in [0.4, 0.5) is 0 Å². The molecule has 2 aromatic rings. The molecule has 2 rings (SSSR count). The fraction of sp³-hybridized carbons (Fsp3) is 0.263. The molecule has 27 heavy (non-hydrogen) atoms. The SMILES string of the molecule is CNC(=O)[C@@H](C)N(Cc1c(Cl)cccc1Cl)C(=O)COc1ccc(I)cc1. The molecule has 2 amide bonds. The van der Waals surface area contributed by atoms with E-state index in [0.717, 1.165) is 3.57 Å². The summed E-state index contributed by atoms with van der Waals surface area (Å²) in [4.78, 5) is 26.3. The smallest absolute Gasteiger partial charge is 0.261 e. The van der Waals surface area contributed by atoms with Gasteiger partial charge in [0.1, 0.15) is 11.8 Å². The fourth-order valence-corrected chi connectivity index (χ4v) is 3.28. The van der Waals surface area contributed by atoms with Gasteiger partial charge in [0.25, 0.3) is 5.91 Å². The van der Waals surface area contributed by atoms with Gasteiger partial charge in [-0.3, -0.25) is 9.59 Å². The highest BCUT2D eigenvalue weighted by molar-refractivity contribution is 14.1. The van der Waals surface area contributed by atoms with Crippen molar-refractivity contribution in [1.82, 2.24) is 10.2 Å². The molecule has 5 nitrogen and oxygen atoms in total. The van der Waals surface area contributed by atoms with E-state index in [4.69, 9.17) is 27.9 Å². The Kier molecular flexibility index (Phi) is 8.19. The predicted octanol–water partition coefficient (Wildman–Crippen LogP) is 4.14. The second-order valence-electron chi connectivity index (χ2n) is 5.75. The number of hydrogen-bond acceptors (Lipinski definition) is 3. The van der Waals surface area contributed by atoms with E-state index in [1.165, 1.54) is 11.9 Å². The Bertz CT molecular complexity index is 795. The van der Waals surface area contributed by atoms with Crippen molar-refractivity contribution in [3.8, 4) is 5.75 Å². The van der Waals surface area contributed by atoms with Crippen molar-refractivity contribution in [3.05, 3.63) is 61.6 Å². The average Bonchev–Trinajstić information content (AvgIpc) is 2.66. The van der Waals surface area contributed by atoms with Crippen LogP contribution in [-0.4, -0.2) is 36.4 Å². The van der Waals surface area contributed by atoms with Crippen LogP contribution in [-0.2, 0) is 16.1 Å². The zero-order valence-electron chi connectivity index (χ0n) is 14.8. The minimum atomic E-state index is -0.713. The lowest BCUT2D eigenvalue weighted by Gasteiger charge is -2.29. The van der Waals surface area contributed by atoms with Crippen LogP contribution in [0.3, 0.4) is 0 Å². The molecule has 2 aromatic carbocycles. The molecule has 0 radical (unpaired) electrons. The van der Waals surface area contributed by atoms with Crippen LogP contribution in [0.1, 0.15) is 12.5 Å². The zero-order valence-corrected chi connectivity index (χ0v) is 18.5. The van der Waals surface area contributed by atoms with Crippen molar-refractivity contribution in [2.75, 3.05) is 13.7 Å². The van der Waals surface area contributed by atoms with E-state index in [-0.39, 0.29) is 25.0 Å². The largest absolute Gasteiger partial charge is 0.484 e. The molecule has 0 unspecified atom stereocenters. The quantitative estimate of drug-likeness (QED) is 0.558. The summed E-state index contributed by atoms with van der Waals surface area (Å²) in [6.45, 7) is 1.54. The maximum Gasteiger partial charge on any atom is 0.261 e. The van der Waals surface area contributed by atoms with Gasteiger partial charge in [0.05, 0.1) is 0 Å². The number of carbonyl (C=O) groups is 2. The highest BCUT2D eigenvalue weighted by atomic mass is 127. The van der Waals surface area contributed by atoms with Gasteiger partial charge in [-0.25, -0.2) is 0 Å². The lowest BCUT2D eigenvalue weighted by Crippen LogP contribution is -2.48. The summed E-state index contributed by atoms with van der Waals surface area (Å²) in [5.74, 6) is -0.0616. The van der Waals surface area contributed by atoms with Crippen LogP contribution >= 0.6 is 45.8 Å². The molecule has 0 saturated heterocycles. The van der Waals surface area contributed by atoms with Gasteiger partial charge in [-0.1, -0.05) is 29.3 Å². The Hall–Kier alpha value is -1.51. The van der Waals surface area contributed by atoms with Gasteiger partial charge < -0.3 is 15.0 Å². The van der Waals surface area contributed by atoms with Gasteiger partial charge in [0.15, 0.2) is 6.61 Å². The monoisotopic (exact) mass is 520 g/mol. The molecule has 0 spiro atoms. The number of halogens is 3. The lowest BCUT2D eigenvalue weighted by atomic mass is 10.1. The predicted molar refractivity (Wildman–Crippen MR) is 115 cm³/mol. The molecule has 0 aliphatic rings. The number of nitrogens with one attached hydrogen (secondary N) is 1. The molecule has 0 bridgehead atoms. The van der Waals surface area contributed by atoms with Crippen LogP contribution in [0.5, 0.6) is 5.75 Å². The fourth-order valence-electron chi connectivity index (χ4n) is 2.40. The third kappa shape index (κ3) is 5.99. The number of rotatable bonds is 7. The maximum absolute atomic E-state index is 12.8. The summed E-state index contributed by atoms with van der Waals surface area (Å²) in [7, 11) is 1.52. The Morgan fingerprint density at radius 3 is 2.30 bits per heavy atom. The standard InChI is InChI=1S/C19H19Cl2IN2O3/c1-12(19(26)23-2)24(10-15-16(20)4-3-5-17(15)21)18(25)11-27-14-8-6-13(22)7-9-14/h3-9,12H,10-11H2,1-2H3,(H,23,26)/t12-/m1/s1. The number of carbonyl (C=O) groups excluding carboxylic acids is 2. The number of likely N-dealkylation sites (N-methyl/N-ethyl adjacent to an activating group) is 1. The van der Waals surface area contributed by atoms with Gasteiger partial charge in [0, 0.05) is 32.8 Å². The molecule has 0 aromatic heterocycles. The molecule has 0 saturated carbocycles. The van der Waals surface area contributed by atoms with Crippen molar-refractivity contribution in [2.45, 2.75) is 19.5 Å². The van der Waals surface area contributed by atoms with Crippen LogP contribution < -0.4 is 10.1 Å². The summed E-state index contributed by atoms with van der Waals surface area (Å²) in [6, 6.07) is 11.7. The first-order valence-corrected chi connectivity index (χ1v) is 9.99. The third-order valence-electron chi connectivity index (χ3n) is 3.98. The summed E-state index contributed by atoms with van der Waals surface area (Å²) in [6.07, 6.45) is 0. The van der Waals surface area contributed by atoms with Crippen molar-refractivity contribution >= 4 is 57.6 Å². The molecular formula is C19H19Cl2IN2O3. The van der Waals surface area contributed by atoms with Crippen LogP contribution in [0.25, 0.3) is 0 Å². The van der Waals surface area contributed by atoms with E-state index in [0.29, 0.717) is 21.4 Å². The highest BCUT2D eigenvalue weighted by Gasteiger charge is 2.27. The molecular weight excluding hydrogens is 502 g/mol. The Morgan fingerprint density at radius 2 is 1.74 bits per heavy atom. The molecule has 144 valence electrons. The highest BCUT2D eigenvalue weighted by Crippen LogP contribution is 2.26. The first-order chi connectivity index (χ1) is 12.8. The molecule has 0 aliphatic heterocycles. The van der Waals surface area contributed by atoms with Gasteiger partial charge in [-0.15, -0.1) is 0 Å². The normalized spacial score (nSPS) is 11.6. The van der Waals surface area contributed by atoms with Crippen molar-refractivity contribution in [3.63, 3.8) is 0 Å². The number of ether oxygens (including phenoxy) is 1. The van der Waals surface area contributed by atoms with E-state index in [1.807, 2.05) is 12.1 Å². The molecule has 8 heteroatoms. The van der Waals surface area contributed by atoms with Crippen LogP contribution in [0.15, 0.2) is 42.5 Å². The molecule has 1 N–H and O–H groups in total. The number of benzene rings is 2. The second kappa shape index (κ2) is 10.1. The number of amides is 2. The summed E-state index contributed by atoms with van der Waals surface area (Å²) < 4.78 is 6.64. The summed E-state index contributed by atoms with van der Waals surface area (Å²) in [5, 5.41) is 3.42. The minimum absolute atomic E-state index is 0.0992. The number of nitrogens with zero attached hydrogens (tertiary/aromatic N) is 1. The number of hydrogen-bond donors (Lipinski definition) is 1. The van der Waals surface area contributed by atoms with Crippen LogP contribution in [0, 0.1) is 3.57 Å². The third-order valence-corrected chi connectivity index (χ3v) is 5.41. The van der Waals surface area contributed by atoms with Crippen molar-refractivity contribution in [2.24, 2.45) is 0 Å². The first-order valence-electron chi connectivity index (χ1n) is 8.15. The van der Waals surface area contributed by atoms with Gasteiger partial charge in [-0.05, 0) is 65.9 Å². The molecule has 1 atom stereocenters. The maximum atomic E-state index is 12.8. The first kappa shape index (κ1) is 21.8. The second-order valence-corrected chi connectivity index (χ2v) is 7.81. The van der Waals surface area contributed by atoms with E-state index in [9.17, 15) is 9.59 Å². The lowest BCUT2D eigenvalue weighted by molar-refractivity contribution is -0.142.